The van der Waals surface area contributed by atoms with Crippen molar-refractivity contribution in [3.05, 3.63) is 65.7 Å². The zero-order chi connectivity index (χ0) is 22.1. The van der Waals surface area contributed by atoms with E-state index >= 15 is 0 Å². The highest BCUT2D eigenvalue weighted by Gasteiger charge is 2.18. The highest BCUT2D eigenvalue weighted by Crippen LogP contribution is 2.29. The summed E-state index contributed by atoms with van der Waals surface area (Å²) >= 11 is 0. The van der Waals surface area contributed by atoms with Gasteiger partial charge in [0, 0.05) is 13.1 Å². The molecule has 6 nitrogen and oxygen atoms in total. The van der Waals surface area contributed by atoms with E-state index in [1.165, 1.54) is 6.08 Å². The third-order valence-corrected chi connectivity index (χ3v) is 4.56. The molecule has 6 heteroatoms. The number of nitrogens with zero attached hydrogens (tertiary/aromatic N) is 1. The molecule has 0 fully saturated rings. The highest BCUT2D eigenvalue weighted by molar-refractivity contribution is 5.89. The molecule has 0 heterocycles. The second kappa shape index (κ2) is 11.0. The van der Waals surface area contributed by atoms with Crippen LogP contribution in [0.3, 0.4) is 0 Å². The van der Waals surface area contributed by atoms with Gasteiger partial charge in [-0.2, -0.15) is 0 Å². The van der Waals surface area contributed by atoms with Crippen molar-refractivity contribution < 1.29 is 23.8 Å². The summed E-state index contributed by atoms with van der Waals surface area (Å²) in [6.07, 6.45) is 2.91. The molecule has 0 saturated carbocycles. The first-order valence-electron chi connectivity index (χ1n) is 9.82. The lowest BCUT2D eigenvalue weighted by Crippen LogP contribution is -2.33. The Morgan fingerprint density at radius 3 is 2.37 bits per heavy atom. The number of carbonyl (C=O) groups is 2. The third-order valence-electron chi connectivity index (χ3n) is 4.56. The molecule has 0 aliphatic rings. The van der Waals surface area contributed by atoms with E-state index in [9.17, 15) is 9.59 Å². The van der Waals surface area contributed by atoms with Crippen LogP contribution in [0.5, 0.6) is 11.5 Å². The fourth-order valence-electron chi connectivity index (χ4n) is 2.76. The quantitative estimate of drug-likeness (QED) is 0.456. The molecule has 0 bridgehead atoms. The fourth-order valence-corrected chi connectivity index (χ4v) is 2.76. The largest absolute Gasteiger partial charge is 0.493 e. The van der Waals surface area contributed by atoms with Crippen LogP contribution in [0.15, 0.2) is 54.6 Å². The Kier molecular flexibility index (Phi) is 8.47. The van der Waals surface area contributed by atoms with Crippen LogP contribution in [0, 0.1) is 0 Å². The number of carbonyl (C=O) groups excluding carboxylic acids is 2. The Morgan fingerprint density at radius 2 is 1.73 bits per heavy atom. The van der Waals surface area contributed by atoms with Crippen molar-refractivity contribution in [2.45, 2.75) is 32.9 Å². The number of hydrogen-bond donors (Lipinski definition) is 0. The summed E-state index contributed by atoms with van der Waals surface area (Å²) in [7, 11) is 3.25. The van der Waals surface area contributed by atoms with Gasteiger partial charge in [0.05, 0.1) is 19.3 Å². The molecule has 30 heavy (non-hydrogen) atoms. The van der Waals surface area contributed by atoms with E-state index in [4.69, 9.17) is 14.2 Å². The standard InChI is InChI=1S/C24H29NO5/c1-17(2)30-21-13-11-19(15-22(21)28-5)12-14-24(27)29-16-23(26)25(4)18(3)20-9-7-6-8-10-20/h6-15,17-18H,16H2,1-5H3/b14-12+/t18-/m1/s1. The lowest BCUT2D eigenvalue weighted by molar-refractivity contribution is -0.148. The maximum absolute atomic E-state index is 12.3. The van der Waals surface area contributed by atoms with Crippen molar-refractivity contribution in [3.8, 4) is 11.5 Å². The predicted octanol–water partition coefficient (Wildman–Crippen LogP) is 4.26. The summed E-state index contributed by atoms with van der Waals surface area (Å²) in [5, 5.41) is 0. The van der Waals surface area contributed by atoms with Crippen LogP contribution in [0.2, 0.25) is 0 Å². The van der Waals surface area contributed by atoms with Gasteiger partial charge in [0.15, 0.2) is 18.1 Å². The molecular weight excluding hydrogens is 382 g/mol. The summed E-state index contributed by atoms with van der Waals surface area (Å²) in [5.74, 6) is 0.342. The number of esters is 1. The molecule has 0 spiro atoms. The van der Waals surface area contributed by atoms with Crippen LogP contribution in [-0.4, -0.2) is 43.6 Å². The van der Waals surface area contributed by atoms with Gasteiger partial charge in [-0.05, 0) is 50.1 Å². The van der Waals surface area contributed by atoms with Gasteiger partial charge in [-0.1, -0.05) is 36.4 Å². The summed E-state index contributed by atoms with van der Waals surface area (Å²) in [4.78, 5) is 25.9. The first-order valence-corrected chi connectivity index (χ1v) is 9.82. The molecule has 2 aromatic rings. The average Bonchev–Trinajstić information content (AvgIpc) is 2.75. The van der Waals surface area contributed by atoms with E-state index in [0.717, 1.165) is 11.1 Å². The van der Waals surface area contributed by atoms with E-state index in [1.807, 2.05) is 57.2 Å². The van der Waals surface area contributed by atoms with Crippen molar-refractivity contribution in [1.29, 1.82) is 0 Å². The molecular formula is C24H29NO5. The maximum Gasteiger partial charge on any atom is 0.331 e. The molecule has 0 N–H and O–H groups in total. The van der Waals surface area contributed by atoms with Gasteiger partial charge in [-0.25, -0.2) is 4.79 Å². The molecule has 0 saturated heterocycles. The Labute approximate surface area is 178 Å². The summed E-state index contributed by atoms with van der Waals surface area (Å²) in [5.41, 5.74) is 1.76. The monoisotopic (exact) mass is 411 g/mol. The lowest BCUT2D eigenvalue weighted by atomic mass is 10.1. The molecule has 0 aliphatic heterocycles. The van der Waals surface area contributed by atoms with Crippen molar-refractivity contribution >= 4 is 18.0 Å². The molecule has 0 radical (unpaired) electrons. The SMILES string of the molecule is COc1cc(/C=C/C(=O)OCC(=O)N(C)[C@H](C)c2ccccc2)ccc1OC(C)C. The average molecular weight is 411 g/mol. The van der Waals surface area contributed by atoms with Crippen LogP contribution < -0.4 is 9.47 Å². The number of ether oxygens (including phenoxy) is 3. The van der Waals surface area contributed by atoms with E-state index in [2.05, 4.69) is 0 Å². The number of amides is 1. The van der Waals surface area contributed by atoms with Gasteiger partial charge in [0.25, 0.3) is 5.91 Å². The molecule has 0 unspecified atom stereocenters. The maximum atomic E-state index is 12.3. The summed E-state index contributed by atoms with van der Waals surface area (Å²) in [6.45, 7) is 5.47. The van der Waals surface area contributed by atoms with E-state index in [0.29, 0.717) is 11.5 Å². The molecule has 1 amide bonds. The molecule has 0 aromatic heterocycles. The van der Waals surface area contributed by atoms with Crippen molar-refractivity contribution in [2.24, 2.45) is 0 Å². The number of benzene rings is 2. The van der Waals surface area contributed by atoms with Gasteiger partial charge in [0.1, 0.15) is 0 Å². The minimum atomic E-state index is -0.592. The predicted molar refractivity (Wildman–Crippen MR) is 116 cm³/mol. The topological polar surface area (TPSA) is 65.1 Å². The number of likely N-dealkylation sites (N-methyl/N-ethyl adjacent to an activating group) is 1. The van der Waals surface area contributed by atoms with Crippen molar-refractivity contribution in [3.63, 3.8) is 0 Å². The Hall–Kier alpha value is -3.28. The smallest absolute Gasteiger partial charge is 0.331 e. The zero-order valence-electron chi connectivity index (χ0n) is 18.1. The van der Waals surface area contributed by atoms with Gasteiger partial charge in [-0.3, -0.25) is 4.79 Å². The normalized spacial score (nSPS) is 11.9. The molecule has 2 aromatic carbocycles. The van der Waals surface area contributed by atoms with E-state index < -0.39 is 5.97 Å². The van der Waals surface area contributed by atoms with Gasteiger partial charge >= 0.3 is 5.97 Å². The Morgan fingerprint density at radius 1 is 1.03 bits per heavy atom. The van der Waals surface area contributed by atoms with Gasteiger partial charge < -0.3 is 19.1 Å². The number of methoxy groups -OCH3 is 1. The second-order valence-electron chi connectivity index (χ2n) is 7.11. The zero-order valence-corrected chi connectivity index (χ0v) is 18.1. The van der Waals surface area contributed by atoms with Crippen LogP contribution in [-0.2, 0) is 14.3 Å². The highest BCUT2D eigenvalue weighted by atomic mass is 16.5. The molecule has 2 rings (SSSR count). The second-order valence-corrected chi connectivity index (χ2v) is 7.11. The van der Waals surface area contributed by atoms with Crippen LogP contribution in [0.4, 0.5) is 0 Å². The van der Waals surface area contributed by atoms with Crippen LogP contribution in [0.25, 0.3) is 6.08 Å². The fraction of sp³-hybridized carbons (Fsp3) is 0.333. The van der Waals surface area contributed by atoms with Crippen LogP contribution >= 0.6 is 0 Å². The van der Waals surface area contributed by atoms with E-state index in [1.54, 1.807) is 37.3 Å². The molecule has 160 valence electrons. The first-order chi connectivity index (χ1) is 14.3. The summed E-state index contributed by atoms with van der Waals surface area (Å²) in [6, 6.07) is 14.9. The van der Waals surface area contributed by atoms with Crippen molar-refractivity contribution in [1.82, 2.24) is 4.90 Å². The Bertz CT molecular complexity index is 876. The van der Waals surface area contributed by atoms with Crippen molar-refractivity contribution in [2.75, 3.05) is 20.8 Å². The van der Waals surface area contributed by atoms with Gasteiger partial charge in [-0.15, -0.1) is 0 Å². The molecule has 1 atom stereocenters. The number of rotatable bonds is 9. The Balaban J connectivity index is 1.90. The minimum Gasteiger partial charge on any atom is -0.493 e. The van der Waals surface area contributed by atoms with Crippen LogP contribution in [0.1, 0.15) is 37.9 Å². The first kappa shape index (κ1) is 23.0. The third kappa shape index (κ3) is 6.65. The number of hydrogen-bond acceptors (Lipinski definition) is 5. The minimum absolute atomic E-state index is 0.0237. The van der Waals surface area contributed by atoms with Gasteiger partial charge in [0.2, 0.25) is 0 Å². The molecule has 0 aliphatic carbocycles. The van der Waals surface area contributed by atoms with E-state index in [-0.39, 0.29) is 24.7 Å². The summed E-state index contributed by atoms with van der Waals surface area (Å²) < 4.78 is 16.1. The lowest BCUT2D eigenvalue weighted by Gasteiger charge is -2.25.